The van der Waals surface area contributed by atoms with Gasteiger partial charge in [-0.3, -0.25) is 0 Å². The van der Waals surface area contributed by atoms with Crippen molar-refractivity contribution in [3.63, 3.8) is 0 Å². The zero-order chi connectivity index (χ0) is 16.9. The van der Waals surface area contributed by atoms with Crippen LogP contribution in [-0.4, -0.2) is 29.2 Å². The summed E-state index contributed by atoms with van der Waals surface area (Å²) >= 11 is 0. The number of rotatable bonds is 5. The van der Waals surface area contributed by atoms with Crippen molar-refractivity contribution in [2.24, 2.45) is 0 Å². The van der Waals surface area contributed by atoms with E-state index in [4.69, 9.17) is 0 Å². The molecule has 0 aromatic heterocycles. The Kier molecular flexibility index (Phi) is 5.11. The second-order valence-corrected chi connectivity index (χ2v) is 5.96. The molecule has 24 heavy (non-hydrogen) atoms. The molecule has 1 aliphatic carbocycles. The van der Waals surface area contributed by atoms with Gasteiger partial charge in [0.15, 0.2) is 0 Å². The van der Waals surface area contributed by atoms with Crippen LogP contribution in [0.4, 0.5) is 9.18 Å². The van der Waals surface area contributed by atoms with Gasteiger partial charge < -0.3 is 15.3 Å². The molecule has 126 valence electrons. The number of aryl methyl sites for hydroxylation is 1. The summed E-state index contributed by atoms with van der Waals surface area (Å²) in [7, 11) is 0. The second-order valence-electron chi connectivity index (χ2n) is 5.96. The zero-order valence-corrected chi connectivity index (χ0v) is 13.4. The second kappa shape index (κ2) is 7.45. The highest BCUT2D eigenvalue weighted by molar-refractivity contribution is 5.75. The van der Waals surface area contributed by atoms with Gasteiger partial charge in [0.1, 0.15) is 5.82 Å². The van der Waals surface area contributed by atoms with E-state index >= 15 is 0 Å². The largest absolute Gasteiger partial charge is 0.395 e. The number of fused-ring (bicyclic) bond motifs is 1. The molecule has 5 heteroatoms. The first-order valence-corrected chi connectivity index (χ1v) is 8.16. The van der Waals surface area contributed by atoms with E-state index in [1.165, 1.54) is 17.7 Å². The third kappa shape index (κ3) is 3.57. The third-order valence-corrected chi connectivity index (χ3v) is 4.41. The molecule has 1 unspecified atom stereocenters. The zero-order valence-electron chi connectivity index (χ0n) is 13.4. The number of carbonyl (C=O) groups is 1. The van der Waals surface area contributed by atoms with Crippen molar-refractivity contribution in [3.8, 4) is 0 Å². The van der Waals surface area contributed by atoms with Gasteiger partial charge in [0.2, 0.25) is 0 Å². The SMILES string of the molecule is O=C(NCc1cccc(F)c1)N(CCO)C1CCc2ccccc21. The summed E-state index contributed by atoms with van der Waals surface area (Å²) in [6, 6.07) is 14.0. The van der Waals surface area contributed by atoms with Crippen molar-refractivity contribution in [2.75, 3.05) is 13.2 Å². The Labute approximate surface area is 140 Å². The van der Waals surface area contributed by atoms with Gasteiger partial charge in [0.25, 0.3) is 0 Å². The predicted octanol–water partition coefficient (Wildman–Crippen LogP) is 3.02. The van der Waals surface area contributed by atoms with E-state index in [1.807, 2.05) is 18.2 Å². The number of carbonyl (C=O) groups excluding carboxylic acids is 1. The molecular weight excluding hydrogens is 307 g/mol. The van der Waals surface area contributed by atoms with Crippen LogP contribution in [0.1, 0.15) is 29.2 Å². The fraction of sp³-hybridized carbons (Fsp3) is 0.316. The van der Waals surface area contributed by atoms with E-state index in [-0.39, 0.29) is 37.6 Å². The van der Waals surface area contributed by atoms with E-state index in [2.05, 4.69) is 11.4 Å². The van der Waals surface area contributed by atoms with Crippen LogP contribution in [-0.2, 0) is 13.0 Å². The van der Waals surface area contributed by atoms with Gasteiger partial charge >= 0.3 is 6.03 Å². The maximum Gasteiger partial charge on any atom is 0.318 e. The number of halogens is 1. The lowest BCUT2D eigenvalue weighted by molar-refractivity contribution is 0.151. The lowest BCUT2D eigenvalue weighted by Crippen LogP contribution is -2.43. The fourth-order valence-corrected chi connectivity index (χ4v) is 3.29. The molecule has 3 rings (SSSR count). The minimum Gasteiger partial charge on any atom is -0.395 e. The fourth-order valence-electron chi connectivity index (χ4n) is 3.29. The Morgan fingerprint density at radius 1 is 1.25 bits per heavy atom. The number of benzene rings is 2. The number of amides is 2. The average Bonchev–Trinajstić information content (AvgIpc) is 3.01. The first kappa shape index (κ1) is 16.5. The summed E-state index contributed by atoms with van der Waals surface area (Å²) in [5.74, 6) is -0.321. The van der Waals surface area contributed by atoms with E-state index in [0.717, 1.165) is 18.4 Å². The summed E-state index contributed by atoms with van der Waals surface area (Å²) in [5.41, 5.74) is 3.11. The van der Waals surface area contributed by atoms with E-state index in [0.29, 0.717) is 5.56 Å². The van der Waals surface area contributed by atoms with Crippen LogP contribution < -0.4 is 5.32 Å². The maximum atomic E-state index is 13.2. The van der Waals surface area contributed by atoms with Gasteiger partial charge in [0.05, 0.1) is 12.6 Å². The quantitative estimate of drug-likeness (QED) is 0.886. The number of nitrogens with one attached hydrogen (secondary N) is 1. The summed E-state index contributed by atoms with van der Waals surface area (Å²) < 4.78 is 13.2. The lowest BCUT2D eigenvalue weighted by Gasteiger charge is -2.29. The number of hydrogen-bond acceptors (Lipinski definition) is 2. The molecule has 0 radical (unpaired) electrons. The van der Waals surface area contributed by atoms with E-state index in [1.54, 1.807) is 17.0 Å². The predicted molar refractivity (Wildman–Crippen MR) is 89.9 cm³/mol. The van der Waals surface area contributed by atoms with Crippen LogP contribution in [0, 0.1) is 5.82 Å². The molecule has 4 nitrogen and oxygen atoms in total. The monoisotopic (exact) mass is 328 g/mol. The summed E-state index contributed by atoms with van der Waals surface area (Å²) in [4.78, 5) is 14.3. The lowest BCUT2D eigenvalue weighted by atomic mass is 10.1. The van der Waals surface area contributed by atoms with E-state index in [9.17, 15) is 14.3 Å². The highest BCUT2D eigenvalue weighted by atomic mass is 19.1. The molecule has 2 aromatic rings. The number of hydrogen-bond donors (Lipinski definition) is 2. The van der Waals surface area contributed by atoms with Crippen LogP contribution in [0.15, 0.2) is 48.5 Å². The smallest absolute Gasteiger partial charge is 0.318 e. The molecule has 1 atom stereocenters. The van der Waals surface area contributed by atoms with Gasteiger partial charge in [0, 0.05) is 13.1 Å². The standard InChI is InChI=1S/C19H21FN2O2/c20-16-6-3-4-14(12-16)13-21-19(24)22(10-11-23)18-9-8-15-5-1-2-7-17(15)18/h1-7,12,18,23H,8-11,13H2,(H,21,24). The molecule has 0 heterocycles. The molecule has 0 saturated heterocycles. The Bertz CT molecular complexity index is 720. The summed E-state index contributed by atoms with van der Waals surface area (Å²) in [6.45, 7) is 0.437. The number of aliphatic hydroxyl groups is 1. The van der Waals surface area contributed by atoms with E-state index < -0.39 is 0 Å². The molecule has 1 aliphatic rings. The van der Waals surface area contributed by atoms with Gasteiger partial charge in [-0.1, -0.05) is 36.4 Å². The van der Waals surface area contributed by atoms with Crippen LogP contribution >= 0.6 is 0 Å². The molecule has 0 fully saturated rings. The van der Waals surface area contributed by atoms with Crippen LogP contribution in [0.2, 0.25) is 0 Å². The molecule has 0 saturated carbocycles. The Morgan fingerprint density at radius 2 is 2.08 bits per heavy atom. The highest BCUT2D eigenvalue weighted by Crippen LogP contribution is 2.35. The Balaban J connectivity index is 1.70. The van der Waals surface area contributed by atoms with Gasteiger partial charge in [-0.2, -0.15) is 0 Å². The normalized spacial score (nSPS) is 15.8. The van der Waals surface area contributed by atoms with Crippen molar-refractivity contribution >= 4 is 6.03 Å². The molecule has 0 bridgehead atoms. The number of urea groups is 1. The molecule has 0 aliphatic heterocycles. The molecule has 2 N–H and O–H groups in total. The molecule has 0 spiro atoms. The van der Waals surface area contributed by atoms with Crippen molar-refractivity contribution in [1.29, 1.82) is 0 Å². The average molecular weight is 328 g/mol. The third-order valence-electron chi connectivity index (χ3n) is 4.41. The minimum atomic E-state index is -0.321. The van der Waals surface area contributed by atoms with Crippen molar-refractivity contribution in [1.82, 2.24) is 10.2 Å². The minimum absolute atomic E-state index is 0.0270. The van der Waals surface area contributed by atoms with Crippen LogP contribution in [0.25, 0.3) is 0 Å². The maximum absolute atomic E-state index is 13.2. The van der Waals surface area contributed by atoms with Gasteiger partial charge in [-0.15, -0.1) is 0 Å². The number of nitrogens with zero attached hydrogens (tertiary/aromatic N) is 1. The summed E-state index contributed by atoms with van der Waals surface area (Å²) in [5, 5.41) is 12.2. The van der Waals surface area contributed by atoms with Gasteiger partial charge in [-0.05, 0) is 41.7 Å². The van der Waals surface area contributed by atoms with Crippen molar-refractivity contribution < 1.29 is 14.3 Å². The topological polar surface area (TPSA) is 52.6 Å². The van der Waals surface area contributed by atoms with Gasteiger partial charge in [-0.25, -0.2) is 9.18 Å². The Hall–Kier alpha value is -2.40. The summed E-state index contributed by atoms with van der Waals surface area (Å²) in [6.07, 6.45) is 1.78. The van der Waals surface area contributed by atoms with Crippen LogP contribution in [0.3, 0.4) is 0 Å². The van der Waals surface area contributed by atoms with Crippen LogP contribution in [0.5, 0.6) is 0 Å². The molecular formula is C19H21FN2O2. The number of aliphatic hydroxyl groups excluding tert-OH is 1. The Morgan fingerprint density at radius 3 is 2.88 bits per heavy atom. The first-order chi connectivity index (χ1) is 11.7. The van der Waals surface area contributed by atoms with Crippen molar-refractivity contribution in [2.45, 2.75) is 25.4 Å². The highest BCUT2D eigenvalue weighted by Gasteiger charge is 2.30. The molecule has 2 amide bonds. The van der Waals surface area contributed by atoms with Crippen molar-refractivity contribution in [3.05, 3.63) is 71.0 Å². The first-order valence-electron chi connectivity index (χ1n) is 8.16. The molecule has 2 aromatic carbocycles.